The van der Waals surface area contributed by atoms with Crippen LogP contribution in [-0.2, 0) is 4.79 Å². The van der Waals surface area contributed by atoms with Gasteiger partial charge in [0.1, 0.15) is 0 Å². The van der Waals surface area contributed by atoms with Gasteiger partial charge in [-0.25, -0.2) is 0 Å². The van der Waals surface area contributed by atoms with Crippen LogP contribution in [0.2, 0.25) is 0 Å². The summed E-state index contributed by atoms with van der Waals surface area (Å²) in [4.78, 5) is 15.0. The summed E-state index contributed by atoms with van der Waals surface area (Å²) in [5.74, 6) is 0.286. The number of carbonyl (C=O) groups excluding carboxylic acids is 1. The van der Waals surface area contributed by atoms with Crippen molar-refractivity contribution >= 4 is 51.1 Å². The smallest absolute Gasteiger partial charge is 0.254 e. The van der Waals surface area contributed by atoms with Crippen LogP contribution >= 0.6 is 45.2 Å². The first-order valence-corrected chi connectivity index (χ1v) is 9.32. The van der Waals surface area contributed by atoms with Gasteiger partial charge in [0, 0.05) is 17.7 Å². The van der Waals surface area contributed by atoms with Crippen molar-refractivity contribution in [2.75, 3.05) is 0 Å². The zero-order valence-electron chi connectivity index (χ0n) is 10.9. The highest BCUT2D eigenvalue weighted by Gasteiger charge is 2.38. The summed E-state index contributed by atoms with van der Waals surface area (Å²) in [7, 11) is 0. The van der Waals surface area contributed by atoms with E-state index in [1.807, 2.05) is 6.08 Å². The van der Waals surface area contributed by atoms with Crippen molar-refractivity contribution in [3.8, 4) is 0 Å². The molecule has 0 aromatic carbocycles. The topological polar surface area (TPSA) is 20.3 Å². The van der Waals surface area contributed by atoms with Gasteiger partial charge in [0.05, 0.1) is 1.43 Å². The van der Waals surface area contributed by atoms with Crippen LogP contribution < -0.4 is 0 Å². The lowest BCUT2D eigenvalue weighted by Crippen LogP contribution is -2.53. The lowest BCUT2D eigenvalue weighted by molar-refractivity contribution is -0.136. The molecule has 0 aromatic rings. The lowest BCUT2D eigenvalue weighted by atomic mass is 9.84. The molecule has 4 heteroatoms. The second kappa shape index (κ2) is 5.66. The van der Waals surface area contributed by atoms with E-state index < -0.39 is 0 Å². The van der Waals surface area contributed by atoms with Gasteiger partial charge in [0.2, 0.25) is 0 Å². The zero-order valence-corrected chi connectivity index (χ0v) is 15.3. The fourth-order valence-electron chi connectivity index (χ4n) is 2.86. The number of nitrogens with zero attached hydrogens (tertiary/aromatic N) is 1. The Kier molecular flexibility index (Phi) is 4.27. The molecule has 0 bridgehead atoms. The van der Waals surface area contributed by atoms with Gasteiger partial charge in [-0.1, -0.05) is 63.4 Å². The number of hydrogen-bond donors (Lipinski definition) is 0. The SMILES string of the molecule is O=C(C1=CCC(I)(I)C=C1)N(C1CCC1)C1CCC1. The van der Waals surface area contributed by atoms with E-state index >= 15 is 0 Å². The maximum absolute atomic E-state index is 12.8. The van der Waals surface area contributed by atoms with E-state index in [-0.39, 0.29) is 7.34 Å². The molecular weight excluding hydrogens is 464 g/mol. The van der Waals surface area contributed by atoms with E-state index in [4.69, 9.17) is 0 Å². The van der Waals surface area contributed by atoms with Gasteiger partial charge in [-0.3, -0.25) is 4.79 Å². The maximum atomic E-state index is 12.8. The molecule has 0 saturated heterocycles. The maximum Gasteiger partial charge on any atom is 0.254 e. The first-order chi connectivity index (χ1) is 9.07. The molecule has 2 fully saturated rings. The minimum atomic E-state index is 0.150. The molecule has 1 amide bonds. The van der Waals surface area contributed by atoms with Crippen molar-refractivity contribution in [3.63, 3.8) is 0 Å². The van der Waals surface area contributed by atoms with Gasteiger partial charge >= 0.3 is 0 Å². The summed E-state index contributed by atoms with van der Waals surface area (Å²) in [6, 6.07) is 1.05. The first-order valence-electron chi connectivity index (χ1n) is 7.17. The largest absolute Gasteiger partial charge is 0.333 e. The molecule has 0 aromatic heterocycles. The Balaban J connectivity index is 1.73. The van der Waals surface area contributed by atoms with E-state index in [0.717, 1.165) is 12.0 Å². The van der Waals surface area contributed by atoms with Crippen LogP contribution in [-0.4, -0.2) is 24.3 Å². The summed E-state index contributed by atoms with van der Waals surface area (Å²) in [5.41, 5.74) is 0.919. The standard InChI is InChI=1S/C15H19I2NO/c16-15(17)9-7-11(8-10-15)14(19)18(12-3-1-4-12)13-5-2-6-13/h7-9,12-13H,1-6,10H2. The first kappa shape index (κ1) is 14.4. The average Bonchev–Trinajstić information content (AvgIpc) is 2.22. The Morgan fingerprint density at radius 3 is 2.11 bits per heavy atom. The minimum absolute atomic E-state index is 0.150. The molecule has 0 spiro atoms. The van der Waals surface area contributed by atoms with Crippen molar-refractivity contribution < 1.29 is 4.79 Å². The summed E-state index contributed by atoms with van der Waals surface area (Å²) in [6.45, 7) is 0. The van der Waals surface area contributed by atoms with Crippen molar-refractivity contribution in [2.45, 2.75) is 58.5 Å². The fourth-order valence-corrected chi connectivity index (χ4v) is 3.66. The van der Waals surface area contributed by atoms with Crippen LogP contribution in [0.25, 0.3) is 0 Å². The number of rotatable bonds is 3. The Labute approximate surface area is 142 Å². The van der Waals surface area contributed by atoms with Crippen LogP contribution in [0, 0.1) is 0 Å². The number of allylic oxidation sites excluding steroid dienone is 2. The second-order valence-corrected chi connectivity index (χ2v) is 11.8. The summed E-state index contributed by atoms with van der Waals surface area (Å²) in [5, 5.41) is 0. The molecule has 0 atom stereocenters. The predicted molar refractivity (Wildman–Crippen MR) is 94.7 cm³/mol. The molecule has 3 rings (SSSR count). The number of alkyl halides is 2. The predicted octanol–water partition coefficient (Wildman–Crippen LogP) is 4.37. The molecule has 2 saturated carbocycles. The highest BCUT2D eigenvalue weighted by molar-refractivity contribution is 14.2. The third kappa shape index (κ3) is 3.04. The quantitative estimate of drug-likeness (QED) is 0.432. The number of carbonyl (C=O) groups is 1. The van der Waals surface area contributed by atoms with E-state index in [2.05, 4.69) is 62.2 Å². The van der Waals surface area contributed by atoms with Gasteiger partial charge < -0.3 is 4.90 Å². The molecule has 0 N–H and O–H groups in total. The van der Waals surface area contributed by atoms with Crippen LogP contribution in [0.4, 0.5) is 0 Å². The van der Waals surface area contributed by atoms with Crippen molar-refractivity contribution in [1.82, 2.24) is 4.90 Å². The average molecular weight is 483 g/mol. The van der Waals surface area contributed by atoms with Crippen molar-refractivity contribution in [1.29, 1.82) is 0 Å². The fraction of sp³-hybridized carbons (Fsp3) is 0.667. The monoisotopic (exact) mass is 483 g/mol. The molecule has 19 heavy (non-hydrogen) atoms. The Morgan fingerprint density at radius 1 is 1.16 bits per heavy atom. The van der Waals surface area contributed by atoms with Crippen LogP contribution in [0.3, 0.4) is 0 Å². The molecule has 0 aliphatic heterocycles. The Bertz CT molecular complexity index is 419. The molecular formula is C15H19I2NO. The van der Waals surface area contributed by atoms with Gasteiger partial charge in [-0.05, 0) is 44.9 Å². The molecule has 0 heterocycles. The van der Waals surface area contributed by atoms with Gasteiger partial charge in [-0.2, -0.15) is 0 Å². The number of halogens is 2. The molecule has 0 radical (unpaired) electrons. The van der Waals surface area contributed by atoms with E-state index in [1.165, 1.54) is 38.5 Å². The van der Waals surface area contributed by atoms with E-state index in [9.17, 15) is 4.79 Å². The number of hydrogen-bond acceptors (Lipinski definition) is 1. The van der Waals surface area contributed by atoms with Crippen molar-refractivity contribution in [3.05, 3.63) is 23.8 Å². The Hall–Kier alpha value is 0.410. The molecule has 104 valence electrons. The summed E-state index contributed by atoms with van der Waals surface area (Å²) in [6.07, 6.45) is 14.7. The third-order valence-corrected chi connectivity index (χ3v) is 6.12. The zero-order chi connectivity index (χ0) is 13.5. The van der Waals surface area contributed by atoms with Gasteiger partial charge in [0.15, 0.2) is 0 Å². The van der Waals surface area contributed by atoms with Gasteiger partial charge in [-0.15, -0.1) is 0 Å². The summed E-state index contributed by atoms with van der Waals surface area (Å²) >= 11 is 4.87. The van der Waals surface area contributed by atoms with E-state index in [1.54, 1.807) is 0 Å². The number of amides is 1. The third-order valence-electron chi connectivity index (χ3n) is 4.52. The van der Waals surface area contributed by atoms with Crippen LogP contribution in [0.5, 0.6) is 0 Å². The summed E-state index contributed by atoms with van der Waals surface area (Å²) < 4.78 is 0.150. The van der Waals surface area contributed by atoms with Crippen molar-refractivity contribution in [2.24, 2.45) is 0 Å². The van der Waals surface area contributed by atoms with Crippen LogP contribution in [0.15, 0.2) is 23.8 Å². The highest BCUT2D eigenvalue weighted by Crippen LogP contribution is 2.39. The molecule has 3 aliphatic rings. The molecule has 0 unspecified atom stereocenters. The minimum Gasteiger partial charge on any atom is -0.333 e. The van der Waals surface area contributed by atoms with Crippen LogP contribution in [0.1, 0.15) is 44.9 Å². The lowest BCUT2D eigenvalue weighted by Gasteiger charge is -2.46. The molecule has 3 aliphatic carbocycles. The molecule has 2 nitrogen and oxygen atoms in total. The Morgan fingerprint density at radius 2 is 1.74 bits per heavy atom. The van der Waals surface area contributed by atoms with Gasteiger partial charge in [0.25, 0.3) is 5.91 Å². The normalized spacial score (nSPS) is 26.3. The highest BCUT2D eigenvalue weighted by atomic mass is 127. The van der Waals surface area contributed by atoms with E-state index in [0.29, 0.717) is 12.1 Å². The second-order valence-electron chi connectivity index (χ2n) is 5.84.